The Morgan fingerprint density at radius 3 is 2.73 bits per heavy atom. The molecule has 0 saturated heterocycles. The zero-order valence-electron chi connectivity index (χ0n) is 12.5. The maximum Gasteiger partial charge on any atom is 0.176 e. The second kappa shape index (κ2) is 6.64. The summed E-state index contributed by atoms with van der Waals surface area (Å²) in [6.07, 6.45) is -0.528. The summed E-state index contributed by atoms with van der Waals surface area (Å²) >= 11 is 0. The Balaban J connectivity index is 1.62. The summed E-state index contributed by atoms with van der Waals surface area (Å²) < 4.78 is 11.1. The third-order valence-electron chi connectivity index (χ3n) is 3.60. The Labute approximate surface area is 129 Å². The van der Waals surface area contributed by atoms with Gasteiger partial charge in [0.25, 0.3) is 0 Å². The standard InChI is InChI=1S/C18H19NO3/c1-21-17-9-5-8-14-10-15(22-18(14)17)11-19-12-16(20)13-6-3-2-4-7-13/h2-10,16,19-20H,11-12H2,1H3. The van der Waals surface area contributed by atoms with Crippen LogP contribution in [0.3, 0.4) is 0 Å². The first-order valence-corrected chi connectivity index (χ1v) is 7.27. The van der Waals surface area contributed by atoms with Crippen molar-refractivity contribution in [2.24, 2.45) is 0 Å². The SMILES string of the molecule is COc1cccc2cc(CNCC(O)c3ccccc3)oc12. The third kappa shape index (κ3) is 3.13. The number of benzene rings is 2. The third-order valence-corrected chi connectivity index (χ3v) is 3.60. The van der Waals surface area contributed by atoms with Crippen molar-refractivity contribution >= 4 is 11.0 Å². The van der Waals surface area contributed by atoms with Crippen molar-refractivity contribution < 1.29 is 14.3 Å². The number of hydrogen-bond donors (Lipinski definition) is 2. The van der Waals surface area contributed by atoms with Gasteiger partial charge in [0.2, 0.25) is 0 Å². The highest BCUT2D eigenvalue weighted by Gasteiger charge is 2.10. The van der Waals surface area contributed by atoms with E-state index in [1.54, 1.807) is 7.11 Å². The average molecular weight is 297 g/mol. The van der Waals surface area contributed by atoms with Gasteiger partial charge in [-0.15, -0.1) is 0 Å². The van der Waals surface area contributed by atoms with Crippen LogP contribution in [0, 0.1) is 0 Å². The molecule has 1 unspecified atom stereocenters. The van der Waals surface area contributed by atoms with Gasteiger partial charge in [0, 0.05) is 11.9 Å². The Morgan fingerprint density at radius 1 is 1.14 bits per heavy atom. The number of ether oxygens (including phenoxy) is 1. The fourth-order valence-corrected chi connectivity index (χ4v) is 2.46. The predicted octanol–water partition coefficient (Wildman–Crippen LogP) is 3.26. The second-order valence-corrected chi connectivity index (χ2v) is 5.15. The highest BCUT2D eigenvalue weighted by Crippen LogP contribution is 2.28. The molecule has 4 heteroatoms. The van der Waals surface area contributed by atoms with Crippen molar-refractivity contribution in [3.8, 4) is 5.75 Å². The minimum atomic E-state index is -0.528. The zero-order chi connectivity index (χ0) is 15.4. The highest BCUT2D eigenvalue weighted by atomic mass is 16.5. The van der Waals surface area contributed by atoms with Gasteiger partial charge in [-0.3, -0.25) is 0 Å². The number of para-hydroxylation sites is 1. The summed E-state index contributed by atoms with van der Waals surface area (Å²) in [6.45, 7) is 1.03. The van der Waals surface area contributed by atoms with E-state index in [-0.39, 0.29) is 0 Å². The van der Waals surface area contributed by atoms with Crippen molar-refractivity contribution in [1.82, 2.24) is 5.32 Å². The summed E-state index contributed by atoms with van der Waals surface area (Å²) in [5, 5.41) is 14.3. The molecule has 1 atom stereocenters. The molecule has 4 nitrogen and oxygen atoms in total. The largest absolute Gasteiger partial charge is 0.493 e. The lowest BCUT2D eigenvalue weighted by Gasteiger charge is -2.11. The summed E-state index contributed by atoms with van der Waals surface area (Å²) in [5.74, 6) is 1.55. The van der Waals surface area contributed by atoms with Gasteiger partial charge in [-0.2, -0.15) is 0 Å². The van der Waals surface area contributed by atoms with Crippen molar-refractivity contribution in [3.05, 3.63) is 65.9 Å². The van der Waals surface area contributed by atoms with Gasteiger partial charge in [0.1, 0.15) is 5.76 Å². The van der Waals surface area contributed by atoms with Crippen LogP contribution >= 0.6 is 0 Å². The molecule has 0 saturated carbocycles. The van der Waals surface area contributed by atoms with Gasteiger partial charge >= 0.3 is 0 Å². The van der Waals surface area contributed by atoms with Crippen molar-refractivity contribution in [3.63, 3.8) is 0 Å². The van der Waals surface area contributed by atoms with Crippen molar-refractivity contribution in [2.75, 3.05) is 13.7 Å². The van der Waals surface area contributed by atoms with Crippen LogP contribution in [-0.2, 0) is 6.54 Å². The average Bonchev–Trinajstić information content (AvgIpc) is 2.98. The Hall–Kier alpha value is -2.30. The van der Waals surface area contributed by atoms with Crippen LogP contribution in [0.5, 0.6) is 5.75 Å². The molecule has 0 aliphatic carbocycles. The summed E-state index contributed by atoms with van der Waals surface area (Å²) in [4.78, 5) is 0. The van der Waals surface area contributed by atoms with Gasteiger partial charge in [-0.25, -0.2) is 0 Å². The number of fused-ring (bicyclic) bond motifs is 1. The molecule has 0 aliphatic rings. The lowest BCUT2D eigenvalue weighted by Crippen LogP contribution is -2.20. The van der Waals surface area contributed by atoms with Crippen molar-refractivity contribution in [1.29, 1.82) is 0 Å². The van der Waals surface area contributed by atoms with E-state index in [1.807, 2.05) is 54.6 Å². The van der Waals surface area contributed by atoms with Gasteiger partial charge in [0.15, 0.2) is 11.3 Å². The van der Waals surface area contributed by atoms with Crippen molar-refractivity contribution in [2.45, 2.75) is 12.6 Å². The molecule has 2 aromatic carbocycles. The Bertz CT molecular complexity index is 736. The normalized spacial score (nSPS) is 12.5. The number of rotatable bonds is 6. The molecule has 0 amide bonds. The molecule has 0 fully saturated rings. The Kier molecular flexibility index (Phi) is 4.42. The monoisotopic (exact) mass is 297 g/mol. The first kappa shape index (κ1) is 14.6. The molecule has 1 aromatic heterocycles. The smallest absolute Gasteiger partial charge is 0.176 e. The molecule has 1 heterocycles. The molecule has 3 rings (SSSR count). The van der Waals surface area contributed by atoms with Crippen LogP contribution in [0.1, 0.15) is 17.4 Å². The van der Waals surface area contributed by atoms with Crippen LogP contribution in [-0.4, -0.2) is 18.8 Å². The molecule has 3 aromatic rings. The molecule has 2 N–H and O–H groups in total. The summed E-state index contributed by atoms with van der Waals surface area (Å²) in [7, 11) is 1.63. The van der Waals surface area contributed by atoms with E-state index >= 15 is 0 Å². The van der Waals surface area contributed by atoms with E-state index in [0.29, 0.717) is 13.1 Å². The fourth-order valence-electron chi connectivity index (χ4n) is 2.46. The first-order chi connectivity index (χ1) is 10.8. The van der Waals surface area contributed by atoms with E-state index in [4.69, 9.17) is 9.15 Å². The molecule has 0 spiro atoms. The van der Waals surface area contributed by atoms with Crippen LogP contribution in [0.15, 0.2) is 59.0 Å². The number of hydrogen-bond acceptors (Lipinski definition) is 4. The number of aliphatic hydroxyl groups excluding tert-OH is 1. The minimum Gasteiger partial charge on any atom is -0.493 e. The van der Waals surface area contributed by atoms with Crippen LogP contribution in [0.4, 0.5) is 0 Å². The molecule has 0 radical (unpaired) electrons. The molecule has 0 aliphatic heterocycles. The molecular weight excluding hydrogens is 278 g/mol. The van der Waals surface area contributed by atoms with E-state index in [1.165, 1.54) is 0 Å². The van der Waals surface area contributed by atoms with Crippen LogP contribution in [0.2, 0.25) is 0 Å². The van der Waals surface area contributed by atoms with E-state index in [0.717, 1.165) is 28.0 Å². The lowest BCUT2D eigenvalue weighted by atomic mass is 10.1. The minimum absolute atomic E-state index is 0.470. The second-order valence-electron chi connectivity index (χ2n) is 5.15. The molecule has 114 valence electrons. The maximum absolute atomic E-state index is 10.1. The number of aliphatic hydroxyl groups is 1. The Morgan fingerprint density at radius 2 is 1.95 bits per heavy atom. The number of nitrogens with one attached hydrogen (secondary N) is 1. The number of furan rings is 1. The molecule has 22 heavy (non-hydrogen) atoms. The molecular formula is C18H19NO3. The first-order valence-electron chi connectivity index (χ1n) is 7.27. The molecule has 0 bridgehead atoms. The maximum atomic E-state index is 10.1. The fraction of sp³-hybridized carbons (Fsp3) is 0.222. The van der Waals surface area contributed by atoms with E-state index in [2.05, 4.69) is 5.32 Å². The van der Waals surface area contributed by atoms with E-state index in [9.17, 15) is 5.11 Å². The van der Waals surface area contributed by atoms with Gasteiger partial charge in [0.05, 0.1) is 19.8 Å². The quantitative estimate of drug-likeness (QED) is 0.733. The van der Waals surface area contributed by atoms with Gasteiger partial charge in [-0.05, 0) is 17.7 Å². The van der Waals surface area contributed by atoms with E-state index < -0.39 is 6.10 Å². The lowest BCUT2D eigenvalue weighted by molar-refractivity contribution is 0.173. The van der Waals surface area contributed by atoms with Crippen LogP contribution < -0.4 is 10.1 Å². The predicted molar refractivity (Wildman–Crippen MR) is 85.9 cm³/mol. The topological polar surface area (TPSA) is 54.6 Å². The highest BCUT2D eigenvalue weighted by molar-refractivity contribution is 5.83. The number of methoxy groups -OCH3 is 1. The van der Waals surface area contributed by atoms with Gasteiger partial charge in [-0.1, -0.05) is 42.5 Å². The summed E-state index contributed by atoms with van der Waals surface area (Å²) in [5.41, 5.74) is 1.66. The zero-order valence-corrected chi connectivity index (χ0v) is 12.5. The summed E-state index contributed by atoms with van der Waals surface area (Å²) in [6, 6.07) is 17.4. The van der Waals surface area contributed by atoms with Crippen LogP contribution in [0.25, 0.3) is 11.0 Å². The van der Waals surface area contributed by atoms with Gasteiger partial charge < -0.3 is 19.6 Å².